The van der Waals surface area contributed by atoms with E-state index in [1.165, 1.54) is 6.33 Å². The molecule has 1 saturated heterocycles. The maximum absolute atomic E-state index is 12.4. The van der Waals surface area contributed by atoms with E-state index < -0.39 is 0 Å². The first kappa shape index (κ1) is 25.6. The van der Waals surface area contributed by atoms with Crippen LogP contribution in [0.5, 0.6) is 23.1 Å². The number of benzene rings is 2. The molecule has 10 heteroatoms. The smallest absolute Gasteiger partial charge is 0.304 e. The molecule has 1 aliphatic rings. The van der Waals surface area contributed by atoms with E-state index in [1.807, 2.05) is 55.4 Å². The normalized spacial score (nSPS) is 15.9. The van der Waals surface area contributed by atoms with Crippen molar-refractivity contribution in [2.75, 3.05) is 39.5 Å². The summed E-state index contributed by atoms with van der Waals surface area (Å²) >= 11 is 0. The zero-order chi connectivity index (χ0) is 26.2. The number of anilines is 1. The number of para-hydroxylation sites is 1. The number of hydrogen-bond donors (Lipinski definition) is 2. The third-order valence-corrected chi connectivity index (χ3v) is 5.69. The van der Waals surface area contributed by atoms with Gasteiger partial charge in [-0.1, -0.05) is 24.3 Å². The fraction of sp³-hybridized carbons (Fsp3) is 0.259. The molecule has 2 aromatic carbocycles. The fourth-order valence-electron chi connectivity index (χ4n) is 3.84. The fourth-order valence-corrected chi connectivity index (χ4v) is 3.84. The highest BCUT2D eigenvalue weighted by atomic mass is 16.5. The first-order valence-corrected chi connectivity index (χ1v) is 12.0. The average Bonchev–Trinajstić information content (AvgIpc) is 3.34. The van der Waals surface area contributed by atoms with Crippen molar-refractivity contribution in [1.29, 1.82) is 0 Å². The van der Waals surface area contributed by atoms with Crippen LogP contribution in [0, 0.1) is 0 Å². The van der Waals surface area contributed by atoms with Gasteiger partial charge in [0, 0.05) is 25.7 Å². The molecule has 0 bridgehead atoms. The van der Waals surface area contributed by atoms with Crippen molar-refractivity contribution in [3.05, 3.63) is 78.6 Å². The first-order valence-electron chi connectivity index (χ1n) is 12.0. The van der Waals surface area contributed by atoms with Crippen molar-refractivity contribution in [1.82, 2.24) is 14.8 Å². The van der Waals surface area contributed by atoms with Crippen LogP contribution in [0.4, 0.5) is 5.82 Å². The van der Waals surface area contributed by atoms with Crippen molar-refractivity contribution in [2.24, 2.45) is 10.7 Å². The van der Waals surface area contributed by atoms with Crippen LogP contribution in [0.1, 0.15) is 12.0 Å². The molecular weight excluding hydrogens is 470 g/mol. The monoisotopic (exact) mass is 502 g/mol. The highest BCUT2D eigenvalue weighted by molar-refractivity contribution is 6.03. The number of nitrogens with zero attached hydrogens (tertiary/aromatic N) is 4. The van der Waals surface area contributed by atoms with E-state index in [0.717, 1.165) is 5.75 Å². The van der Waals surface area contributed by atoms with Crippen molar-refractivity contribution in [3.63, 3.8) is 0 Å². The van der Waals surface area contributed by atoms with E-state index in [0.29, 0.717) is 49.0 Å². The van der Waals surface area contributed by atoms with Gasteiger partial charge in [0.25, 0.3) is 12.1 Å². The van der Waals surface area contributed by atoms with E-state index in [-0.39, 0.29) is 23.6 Å². The molecule has 1 amide bonds. The molecule has 1 atom stereocenters. The molecule has 3 aromatic rings. The molecule has 1 fully saturated rings. The number of likely N-dealkylation sites (N-methyl/N-ethyl adjacent to an activating group) is 1. The lowest BCUT2D eigenvalue weighted by Crippen LogP contribution is -2.29. The number of H-pyrrole nitrogens is 1. The van der Waals surface area contributed by atoms with Gasteiger partial charge < -0.3 is 30.7 Å². The van der Waals surface area contributed by atoms with Crippen LogP contribution in [-0.2, 0) is 4.79 Å². The molecule has 0 unspecified atom stereocenters. The summed E-state index contributed by atoms with van der Waals surface area (Å²) in [6.07, 6.45) is 5.59. The third kappa shape index (κ3) is 7.05. The third-order valence-electron chi connectivity index (χ3n) is 5.69. The Balaban J connectivity index is 1.43. The number of nitrogens with one attached hydrogen (secondary N) is 1. The molecule has 0 saturated carbocycles. The van der Waals surface area contributed by atoms with Gasteiger partial charge in [0.2, 0.25) is 5.91 Å². The van der Waals surface area contributed by atoms with E-state index in [4.69, 9.17) is 20.9 Å². The number of nitrogen functional groups attached to an aromatic ring is 1. The number of aromatic nitrogens is 2. The van der Waals surface area contributed by atoms with E-state index in [1.54, 1.807) is 35.2 Å². The lowest BCUT2D eigenvalue weighted by atomic mass is 10.2. The summed E-state index contributed by atoms with van der Waals surface area (Å²) in [6.45, 7) is 1.80. The van der Waals surface area contributed by atoms with Gasteiger partial charge in [-0.2, -0.15) is 0 Å². The predicted octanol–water partition coefficient (Wildman–Crippen LogP) is 2.49. The Kier molecular flexibility index (Phi) is 8.32. The van der Waals surface area contributed by atoms with Gasteiger partial charge in [-0.05, 0) is 61.9 Å². The van der Waals surface area contributed by atoms with E-state index in [2.05, 4.69) is 15.0 Å². The summed E-state index contributed by atoms with van der Waals surface area (Å²) in [5.41, 5.74) is 12.9. The van der Waals surface area contributed by atoms with Crippen LogP contribution in [0.2, 0.25) is 0 Å². The van der Waals surface area contributed by atoms with Crippen LogP contribution in [-0.4, -0.2) is 66.3 Å². The Hall–Kier alpha value is -4.44. The standard InChI is InChI=1S/C27H31N7O3/c1-33(2)15-6-9-23(35)34-16-14-19(17-34)32-26(29)24-25(28)30-18-31-27(24)37-22-12-10-21(11-13-22)36-20-7-4-3-5-8-20/h3-13,18-19H,14-17H2,1-2H3,(H2,29,32)(H2,28,30,31)/p+1/b9-6+/t19-/m1/s1. The van der Waals surface area contributed by atoms with E-state index >= 15 is 0 Å². The quantitative estimate of drug-likeness (QED) is 0.261. The highest BCUT2D eigenvalue weighted by Crippen LogP contribution is 2.28. The maximum Gasteiger partial charge on any atom is 0.304 e. The van der Waals surface area contributed by atoms with Gasteiger partial charge in [-0.15, -0.1) is 0 Å². The Bertz CT molecular complexity index is 1260. The van der Waals surface area contributed by atoms with Gasteiger partial charge in [-0.3, -0.25) is 9.79 Å². The number of carbonyl (C=O) groups is 1. The van der Waals surface area contributed by atoms with E-state index in [9.17, 15) is 4.79 Å². The molecule has 2 heterocycles. The minimum atomic E-state index is -0.145. The van der Waals surface area contributed by atoms with Crippen molar-refractivity contribution >= 4 is 17.6 Å². The van der Waals surface area contributed by atoms with Crippen LogP contribution < -0.4 is 25.9 Å². The van der Waals surface area contributed by atoms with Crippen molar-refractivity contribution < 1.29 is 19.3 Å². The van der Waals surface area contributed by atoms with Crippen LogP contribution in [0.3, 0.4) is 0 Å². The number of aromatic amines is 1. The minimum absolute atomic E-state index is 0.0314. The summed E-state index contributed by atoms with van der Waals surface area (Å²) in [6, 6.07) is 16.6. The lowest BCUT2D eigenvalue weighted by molar-refractivity contribution is -0.395. The largest absolute Gasteiger partial charge is 0.457 e. The Labute approximate surface area is 216 Å². The Morgan fingerprint density at radius 3 is 2.51 bits per heavy atom. The molecule has 0 spiro atoms. The number of likely N-dealkylation sites (tertiary alicyclic amines) is 1. The average molecular weight is 503 g/mol. The Morgan fingerprint density at radius 1 is 1.14 bits per heavy atom. The highest BCUT2D eigenvalue weighted by Gasteiger charge is 2.27. The summed E-state index contributed by atoms with van der Waals surface area (Å²) < 4.78 is 11.9. The lowest BCUT2D eigenvalue weighted by Gasteiger charge is -2.14. The number of rotatable bonds is 9. The molecule has 37 heavy (non-hydrogen) atoms. The molecule has 1 aliphatic heterocycles. The van der Waals surface area contributed by atoms with Gasteiger partial charge in [0.15, 0.2) is 5.56 Å². The van der Waals surface area contributed by atoms with Gasteiger partial charge in [-0.25, -0.2) is 4.98 Å². The molecule has 0 radical (unpaired) electrons. The number of ether oxygens (including phenoxy) is 2. The second kappa shape index (κ2) is 12.0. The number of nitrogens with two attached hydrogens (primary N) is 2. The van der Waals surface area contributed by atoms with Gasteiger partial charge >= 0.3 is 5.88 Å². The molecule has 4 rings (SSSR count). The Morgan fingerprint density at radius 2 is 1.81 bits per heavy atom. The molecule has 192 valence electrons. The summed E-state index contributed by atoms with van der Waals surface area (Å²) in [5.74, 6) is 2.65. The predicted molar refractivity (Wildman–Crippen MR) is 142 cm³/mol. The minimum Gasteiger partial charge on any atom is -0.457 e. The maximum atomic E-state index is 12.4. The summed E-state index contributed by atoms with van der Waals surface area (Å²) in [7, 11) is 3.90. The van der Waals surface area contributed by atoms with Crippen molar-refractivity contribution in [3.8, 4) is 23.1 Å². The molecule has 1 aromatic heterocycles. The van der Waals surface area contributed by atoms with Crippen LogP contribution >= 0.6 is 0 Å². The zero-order valence-electron chi connectivity index (χ0n) is 21.0. The SMILES string of the molecule is CN(C)C/C=C/C(=O)N1CC[C@@H](N=C(N)c2c(N)nc[nH+]c2Oc2ccc(Oc3ccccc3)cc2)C1. The second-order valence-corrected chi connectivity index (χ2v) is 8.89. The van der Waals surface area contributed by atoms with Crippen LogP contribution in [0.15, 0.2) is 78.1 Å². The summed E-state index contributed by atoms with van der Waals surface area (Å²) in [4.78, 5) is 27.9. The number of amides is 1. The zero-order valence-corrected chi connectivity index (χ0v) is 21.0. The van der Waals surface area contributed by atoms with Crippen molar-refractivity contribution in [2.45, 2.75) is 12.5 Å². The topological polar surface area (TPSA) is 133 Å². The number of amidine groups is 1. The van der Waals surface area contributed by atoms with Gasteiger partial charge in [0.05, 0.1) is 6.04 Å². The number of carbonyl (C=O) groups excluding carboxylic acids is 1. The molecular formula is C27H32N7O3+. The second-order valence-electron chi connectivity index (χ2n) is 8.89. The van der Waals surface area contributed by atoms with Crippen LogP contribution in [0.25, 0.3) is 0 Å². The number of hydrogen-bond acceptors (Lipinski definition) is 7. The molecule has 10 nitrogen and oxygen atoms in total. The molecule has 0 aliphatic carbocycles. The summed E-state index contributed by atoms with van der Waals surface area (Å²) in [5, 5.41) is 0. The first-order chi connectivity index (χ1) is 17.9. The van der Waals surface area contributed by atoms with Gasteiger partial charge in [0.1, 0.15) is 23.1 Å². The number of aliphatic imine (C=N–C) groups is 1. The molecule has 5 N–H and O–H groups in total.